The van der Waals surface area contributed by atoms with E-state index in [1.807, 2.05) is 11.4 Å². The first-order valence-electron chi connectivity index (χ1n) is 5.80. The number of ether oxygens (including phenoxy) is 1. The minimum Gasteiger partial charge on any atom is -0.496 e. The van der Waals surface area contributed by atoms with Gasteiger partial charge in [0.1, 0.15) is 11.6 Å². The van der Waals surface area contributed by atoms with Crippen molar-refractivity contribution in [1.29, 1.82) is 0 Å². The Bertz CT molecular complexity index is 499. The van der Waals surface area contributed by atoms with Crippen molar-refractivity contribution in [3.63, 3.8) is 0 Å². The maximum absolute atomic E-state index is 13.4. The molecule has 18 heavy (non-hydrogen) atoms. The van der Waals surface area contributed by atoms with E-state index >= 15 is 0 Å². The standard InChI is InChI=1S/C14H16FNOS/c1-17-14-5-4-11(15)8-13(14)10(9-16)7-12-3-2-6-18-12/h2-6,8,10H,7,9,16H2,1H3. The monoisotopic (exact) mass is 265 g/mol. The van der Waals surface area contributed by atoms with E-state index in [0.717, 1.165) is 12.0 Å². The molecule has 0 amide bonds. The molecule has 0 aliphatic carbocycles. The molecule has 2 rings (SSSR count). The number of rotatable bonds is 5. The van der Waals surface area contributed by atoms with Gasteiger partial charge in [0.2, 0.25) is 0 Å². The Kier molecular flexibility index (Phi) is 4.33. The number of methoxy groups -OCH3 is 1. The highest BCUT2D eigenvalue weighted by atomic mass is 32.1. The summed E-state index contributed by atoms with van der Waals surface area (Å²) in [6.07, 6.45) is 0.813. The van der Waals surface area contributed by atoms with Gasteiger partial charge in [-0.25, -0.2) is 4.39 Å². The van der Waals surface area contributed by atoms with Gasteiger partial charge in [-0.15, -0.1) is 11.3 Å². The van der Waals surface area contributed by atoms with Crippen molar-refractivity contribution >= 4 is 11.3 Å². The highest BCUT2D eigenvalue weighted by Gasteiger charge is 2.16. The number of hydrogen-bond acceptors (Lipinski definition) is 3. The van der Waals surface area contributed by atoms with Crippen LogP contribution < -0.4 is 10.5 Å². The summed E-state index contributed by atoms with van der Waals surface area (Å²) in [4.78, 5) is 1.25. The molecule has 1 heterocycles. The molecule has 2 nitrogen and oxygen atoms in total. The third kappa shape index (κ3) is 2.89. The lowest BCUT2D eigenvalue weighted by Gasteiger charge is -2.17. The van der Waals surface area contributed by atoms with E-state index in [4.69, 9.17) is 10.5 Å². The molecule has 1 atom stereocenters. The minimum absolute atomic E-state index is 0.0781. The molecule has 0 aliphatic rings. The van der Waals surface area contributed by atoms with Crippen LogP contribution in [0.2, 0.25) is 0 Å². The summed E-state index contributed by atoms with van der Waals surface area (Å²) in [5.74, 6) is 0.521. The summed E-state index contributed by atoms with van der Waals surface area (Å²) < 4.78 is 18.6. The van der Waals surface area contributed by atoms with E-state index in [1.54, 1.807) is 24.5 Å². The first-order valence-corrected chi connectivity index (χ1v) is 6.68. The molecule has 0 bridgehead atoms. The molecule has 0 fully saturated rings. The smallest absolute Gasteiger partial charge is 0.123 e. The predicted octanol–water partition coefficient (Wildman–Crippen LogP) is 3.18. The Morgan fingerprint density at radius 2 is 2.22 bits per heavy atom. The molecular weight excluding hydrogens is 249 g/mol. The maximum atomic E-state index is 13.4. The third-order valence-electron chi connectivity index (χ3n) is 2.94. The summed E-state index contributed by atoms with van der Waals surface area (Å²) in [5.41, 5.74) is 6.66. The second kappa shape index (κ2) is 5.98. The number of nitrogens with two attached hydrogens (primary N) is 1. The van der Waals surface area contributed by atoms with E-state index in [2.05, 4.69) is 6.07 Å². The van der Waals surface area contributed by atoms with Gasteiger partial charge < -0.3 is 10.5 Å². The molecule has 96 valence electrons. The van der Waals surface area contributed by atoms with E-state index < -0.39 is 0 Å². The molecular formula is C14H16FNOS. The zero-order valence-corrected chi connectivity index (χ0v) is 11.0. The molecule has 2 N–H and O–H groups in total. The van der Waals surface area contributed by atoms with Gasteiger partial charge in [0.25, 0.3) is 0 Å². The first kappa shape index (κ1) is 13.1. The average molecular weight is 265 g/mol. The van der Waals surface area contributed by atoms with Crippen LogP contribution in [0, 0.1) is 5.82 Å². The van der Waals surface area contributed by atoms with Gasteiger partial charge in [-0.05, 0) is 42.6 Å². The van der Waals surface area contributed by atoms with Crippen LogP contribution in [-0.2, 0) is 6.42 Å². The Labute approximate surface area is 110 Å². The summed E-state index contributed by atoms with van der Waals surface area (Å²) in [5, 5.41) is 2.03. The zero-order valence-electron chi connectivity index (χ0n) is 10.2. The summed E-state index contributed by atoms with van der Waals surface area (Å²) in [6, 6.07) is 8.66. The fourth-order valence-electron chi connectivity index (χ4n) is 2.02. The average Bonchev–Trinajstić information content (AvgIpc) is 2.88. The van der Waals surface area contributed by atoms with Crippen molar-refractivity contribution in [3.8, 4) is 5.75 Å². The largest absolute Gasteiger partial charge is 0.496 e. The van der Waals surface area contributed by atoms with Crippen LogP contribution in [0.15, 0.2) is 35.7 Å². The van der Waals surface area contributed by atoms with Crippen LogP contribution in [0.3, 0.4) is 0 Å². The van der Waals surface area contributed by atoms with E-state index in [1.165, 1.54) is 17.0 Å². The molecule has 0 spiro atoms. The molecule has 0 aliphatic heterocycles. The number of halogens is 1. The minimum atomic E-state index is -0.254. The summed E-state index contributed by atoms with van der Waals surface area (Å²) in [7, 11) is 1.59. The zero-order chi connectivity index (χ0) is 13.0. The molecule has 2 aromatic rings. The topological polar surface area (TPSA) is 35.2 Å². The molecule has 1 unspecified atom stereocenters. The fourth-order valence-corrected chi connectivity index (χ4v) is 2.80. The molecule has 0 radical (unpaired) electrons. The Morgan fingerprint density at radius 1 is 1.39 bits per heavy atom. The fraction of sp³-hybridized carbons (Fsp3) is 0.286. The lowest BCUT2D eigenvalue weighted by Crippen LogP contribution is -2.15. The van der Waals surface area contributed by atoms with Gasteiger partial charge in [-0.2, -0.15) is 0 Å². The van der Waals surface area contributed by atoms with Crippen LogP contribution in [0.25, 0.3) is 0 Å². The number of thiophene rings is 1. The van der Waals surface area contributed by atoms with E-state index in [-0.39, 0.29) is 11.7 Å². The molecule has 0 saturated carbocycles. The maximum Gasteiger partial charge on any atom is 0.123 e. The van der Waals surface area contributed by atoms with Crippen LogP contribution in [-0.4, -0.2) is 13.7 Å². The highest BCUT2D eigenvalue weighted by molar-refractivity contribution is 7.09. The van der Waals surface area contributed by atoms with Gasteiger partial charge in [-0.3, -0.25) is 0 Å². The van der Waals surface area contributed by atoms with Gasteiger partial charge in [0.05, 0.1) is 7.11 Å². The van der Waals surface area contributed by atoms with E-state index in [0.29, 0.717) is 12.3 Å². The Hall–Kier alpha value is -1.39. The van der Waals surface area contributed by atoms with Crippen molar-refractivity contribution < 1.29 is 9.13 Å². The SMILES string of the molecule is COc1ccc(F)cc1C(CN)Cc1cccs1. The molecule has 4 heteroatoms. The van der Waals surface area contributed by atoms with Gasteiger partial charge in [0.15, 0.2) is 0 Å². The van der Waals surface area contributed by atoms with Gasteiger partial charge in [0, 0.05) is 16.4 Å². The van der Waals surface area contributed by atoms with Crippen LogP contribution in [0.1, 0.15) is 16.4 Å². The van der Waals surface area contributed by atoms with Crippen LogP contribution >= 0.6 is 11.3 Å². The normalized spacial score (nSPS) is 12.4. The van der Waals surface area contributed by atoms with Crippen LogP contribution in [0.4, 0.5) is 4.39 Å². The van der Waals surface area contributed by atoms with Crippen molar-refractivity contribution in [2.24, 2.45) is 5.73 Å². The van der Waals surface area contributed by atoms with Gasteiger partial charge in [-0.1, -0.05) is 6.07 Å². The van der Waals surface area contributed by atoms with Crippen LogP contribution in [0.5, 0.6) is 5.75 Å². The first-order chi connectivity index (χ1) is 8.74. The van der Waals surface area contributed by atoms with Crippen molar-refractivity contribution in [2.75, 3.05) is 13.7 Å². The predicted molar refractivity (Wildman–Crippen MR) is 72.8 cm³/mol. The number of hydrogen-bond donors (Lipinski definition) is 1. The molecule has 0 saturated heterocycles. The lowest BCUT2D eigenvalue weighted by atomic mass is 9.94. The lowest BCUT2D eigenvalue weighted by molar-refractivity contribution is 0.404. The second-order valence-corrected chi connectivity index (χ2v) is 5.13. The Balaban J connectivity index is 2.28. The van der Waals surface area contributed by atoms with Crippen molar-refractivity contribution in [1.82, 2.24) is 0 Å². The summed E-state index contributed by atoms with van der Waals surface area (Å²) in [6.45, 7) is 0.470. The number of benzene rings is 1. The molecule has 1 aromatic carbocycles. The van der Waals surface area contributed by atoms with Crippen molar-refractivity contribution in [3.05, 3.63) is 52.0 Å². The van der Waals surface area contributed by atoms with E-state index in [9.17, 15) is 4.39 Å². The summed E-state index contributed by atoms with van der Waals surface area (Å²) >= 11 is 1.69. The quantitative estimate of drug-likeness (QED) is 0.901. The third-order valence-corrected chi connectivity index (χ3v) is 3.84. The molecule has 1 aromatic heterocycles. The second-order valence-electron chi connectivity index (χ2n) is 4.10. The van der Waals surface area contributed by atoms with Gasteiger partial charge >= 0.3 is 0 Å². The highest BCUT2D eigenvalue weighted by Crippen LogP contribution is 2.30. The van der Waals surface area contributed by atoms with Crippen molar-refractivity contribution in [2.45, 2.75) is 12.3 Å². The Morgan fingerprint density at radius 3 is 2.83 bits per heavy atom.